The zero-order chi connectivity index (χ0) is 16.9. The minimum atomic E-state index is 0.161. The Morgan fingerprint density at radius 2 is 1.88 bits per heavy atom. The normalized spacial score (nSPS) is 18.7. The molecule has 2 aromatic carbocycles. The summed E-state index contributed by atoms with van der Waals surface area (Å²) in [6, 6.07) is 15.1. The van der Waals surface area contributed by atoms with Crippen LogP contribution in [-0.2, 0) is 11.3 Å². The maximum Gasteiger partial charge on any atom is 0.226 e. The van der Waals surface area contributed by atoms with Gasteiger partial charge in [0.15, 0.2) is 0 Å². The minimum absolute atomic E-state index is 0.161. The number of benzene rings is 2. The molecule has 0 aromatic heterocycles. The van der Waals surface area contributed by atoms with Crippen molar-refractivity contribution in [3.63, 3.8) is 0 Å². The molecular formula is C21H28N2O. The van der Waals surface area contributed by atoms with Gasteiger partial charge in [-0.05, 0) is 49.6 Å². The van der Waals surface area contributed by atoms with E-state index in [9.17, 15) is 4.79 Å². The second-order valence-corrected chi connectivity index (χ2v) is 6.72. The lowest BCUT2D eigenvalue weighted by molar-refractivity contribution is -0.137. The number of carbonyl (C=O) groups is 1. The smallest absolute Gasteiger partial charge is 0.226 e. The van der Waals surface area contributed by atoms with Crippen molar-refractivity contribution >= 4 is 16.7 Å². The third-order valence-corrected chi connectivity index (χ3v) is 5.20. The molecule has 1 heterocycles. The Balaban J connectivity index is 1.72. The predicted molar refractivity (Wildman–Crippen MR) is 99.9 cm³/mol. The average Bonchev–Trinajstić information content (AvgIpc) is 2.63. The zero-order valence-electron chi connectivity index (χ0n) is 14.9. The monoisotopic (exact) mass is 324 g/mol. The molecule has 3 heteroatoms. The van der Waals surface area contributed by atoms with Crippen molar-refractivity contribution in [2.75, 3.05) is 26.2 Å². The topological polar surface area (TPSA) is 23.6 Å². The van der Waals surface area contributed by atoms with Gasteiger partial charge in [0.25, 0.3) is 0 Å². The third kappa shape index (κ3) is 3.62. The number of likely N-dealkylation sites (tertiary alicyclic amines) is 1. The standard InChI is InChI=1S/C21H28N2O/c1-3-23(4-2)21(24)19-12-8-14-22(16-19)15-18-11-7-10-17-9-5-6-13-20(17)18/h5-7,9-11,13,19H,3-4,8,12,14-16H2,1-2H3/t19-/m0/s1. The summed E-state index contributed by atoms with van der Waals surface area (Å²) in [4.78, 5) is 17.1. The van der Waals surface area contributed by atoms with Gasteiger partial charge in [-0.2, -0.15) is 0 Å². The van der Waals surface area contributed by atoms with Crippen LogP contribution in [0.4, 0.5) is 0 Å². The van der Waals surface area contributed by atoms with E-state index in [1.807, 2.05) is 4.90 Å². The fourth-order valence-corrected chi connectivity index (χ4v) is 3.87. The SMILES string of the molecule is CCN(CC)C(=O)[C@H]1CCCN(Cc2cccc3ccccc23)C1. The van der Waals surface area contributed by atoms with Crippen molar-refractivity contribution in [1.29, 1.82) is 0 Å². The van der Waals surface area contributed by atoms with E-state index < -0.39 is 0 Å². The Labute approximate surface area is 145 Å². The summed E-state index contributed by atoms with van der Waals surface area (Å²) < 4.78 is 0. The Bertz CT molecular complexity index is 688. The fourth-order valence-electron chi connectivity index (χ4n) is 3.87. The van der Waals surface area contributed by atoms with Crippen LogP contribution in [0.25, 0.3) is 10.8 Å². The van der Waals surface area contributed by atoms with Crippen molar-refractivity contribution < 1.29 is 4.79 Å². The van der Waals surface area contributed by atoms with Crippen LogP contribution in [0.15, 0.2) is 42.5 Å². The Morgan fingerprint density at radius 3 is 2.67 bits per heavy atom. The van der Waals surface area contributed by atoms with Crippen molar-refractivity contribution in [2.24, 2.45) is 5.92 Å². The number of fused-ring (bicyclic) bond motifs is 1. The number of hydrogen-bond donors (Lipinski definition) is 0. The van der Waals surface area contributed by atoms with Gasteiger partial charge in [-0.15, -0.1) is 0 Å². The molecule has 3 nitrogen and oxygen atoms in total. The van der Waals surface area contributed by atoms with E-state index in [1.165, 1.54) is 16.3 Å². The van der Waals surface area contributed by atoms with Crippen LogP contribution in [0.1, 0.15) is 32.3 Å². The van der Waals surface area contributed by atoms with E-state index in [1.54, 1.807) is 0 Å². The Hall–Kier alpha value is -1.87. The second kappa shape index (κ2) is 7.80. The van der Waals surface area contributed by atoms with E-state index in [-0.39, 0.29) is 5.92 Å². The number of carbonyl (C=O) groups excluding carboxylic acids is 1. The maximum absolute atomic E-state index is 12.7. The van der Waals surface area contributed by atoms with E-state index in [2.05, 4.69) is 61.2 Å². The van der Waals surface area contributed by atoms with Crippen LogP contribution >= 0.6 is 0 Å². The van der Waals surface area contributed by atoms with E-state index in [0.717, 1.165) is 45.6 Å². The largest absolute Gasteiger partial charge is 0.343 e. The molecule has 0 N–H and O–H groups in total. The molecule has 0 bridgehead atoms. The summed E-state index contributed by atoms with van der Waals surface area (Å²) in [5, 5.41) is 2.62. The van der Waals surface area contributed by atoms with Gasteiger partial charge in [0.05, 0.1) is 5.92 Å². The van der Waals surface area contributed by atoms with E-state index in [0.29, 0.717) is 5.91 Å². The van der Waals surface area contributed by atoms with E-state index >= 15 is 0 Å². The molecule has 0 aliphatic carbocycles. The van der Waals surface area contributed by atoms with Crippen LogP contribution in [0.3, 0.4) is 0 Å². The summed E-state index contributed by atoms with van der Waals surface area (Å²) in [5.41, 5.74) is 1.36. The molecule has 1 fully saturated rings. The summed E-state index contributed by atoms with van der Waals surface area (Å²) in [7, 11) is 0. The maximum atomic E-state index is 12.7. The van der Waals surface area contributed by atoms with Gasteiger partial charge in [0, 0.05) is 26.2 Å². The molecule has 1 atom stereocenters. The molecule has 1 aliphatic heterocycles. The lowest BCUT2D eigenvalue weighted by Gasteiger charge is -2.34. The lowest BCUT2D eigenvalue weighted by Crippen LogP contribution is -2.44. The van der Waals surface area contributed by atoms with Gasteiger partial charge in [-0.3, -0.25) is 9.69 Å². The van der Waals surface area contributed by atoms with Crippen molar-refractivity contribution in [1.82, 2.24) is 9.80 Å². The van der Waals surface area contributed by atoms with Gasteiger partial charge in [-0.25, -0.2) is 0 Å². The highest BCUT2D eigenvalue weighted by atomic mass is 16.2. The number of piperidine rings is 1. The first-order valence-electron chi connectivity index (χ1n) is 9.20. The summed E-state index contributed by atoms with van der Waals surface area (Å²) in [6.07, 6.45) is 2.14. The number of nitrogens with zero attached hydrogens (tertiary/aromatic N) is 2. The van der Waals surface area contributed by atoms with Gasteiger partial charge in [-0.1, -0.05) is 42.5 Å². The van der Waals surface area contributed by atoms with Crippen molar-refractivity contribution in [2.45, 2.75) is 33.2 Å². The van der Waals surface area contributed by atoms with Gasteiger partial charge < -0.3 is 4.90 Å². The molecule has 2 aromatic rings. The molecule has 1 amide bonds. The quantitative estimate of drug-likeness (QED) is 0.832. The van der Waals surface area contributed by atoms with Gasteiger partial charge in [0.1, 0.15) is 0 Å². The molecule has 1 aliphatic rings. The first-order chi connectivity index (χ1) is 11.7. The van der Waals surface area contributed by atoms with Crippen LogP contribution < -0.4 is 0 Å². The molecule has 128 valence electrons. The molecular weight excluding hydrogens is 296 g/mol. The molecule has 0 saturated carbocycles. The van der Waals surface area contributed by atoms with Crippen LogP contribution in [0.2, 0.25) is 0 Å². The predicted octanol–water partition coefficient (Wildman–Crippen LogP) is 3.92. The third-order valence-electron chi connectivity index (χ3n) is 5.20. The highest BCUT2D eigenvalue weighted by molar-refractivity contribution is 5.85. The fraction of sp³-hybridized carbons (Fsp3) is 0.476. The van der Waals surface area contributed by atoms with Crippen molar-refractivity contribution in [3.05, 3.63) is 48.0 Å². The lowest BCUT2D eigenvalue weighted by atomic mass is 9.95. The zero-order valence-corrected chi connectivity index (χ0v) is 14.9. The number of rotatable bonds is 5. The molecule has 0 radical (unpaired) electrons. The van der Waals surface area contributed by atoms with Gasteiger partial charge >= 0.3 is 0 Å². The first-order valence-corrected chi connectivity index (χ1v) is 9.20. The minimum Gasteiger partial charge on any atom is -0.343 e. The Kier molecular flexibility index (Phi) is 5.52. The summed E-state index contributed by atoms with van der Waals surface area (Å²) >= 11 is 0. The molecule has 24 heavy (non-hydrogen) atoms. The van der Waals surface area contributed by atoms with Crippen LogP contribution in [0, 0.1) is 5.92 Å². The first kappa shape index (κ1) is 17.0. The Morgan fingerprint density at radius 1 is 1.12 bits per heavy atom. The molecule has 3 rings (SSSR count). The van der Waals surface area contributed by atoms with Crippen LogP contribution in [0.5, 0.6) is 0 Å². The molecule has 1 saturated heterocycles. The van der Waals surface area contributed by atoms with Crippen LogP contribution in [-0.4, -0.2) is 41.9 Å². The van der Waals surface area contributed by atoms with Gasteiger partial charge in [0.2, 0.25) is 5.91 Å². The molecule has 0 unspecified atom stereocenters. The summed E-state index contributed by atoms with van der Waals surface area (Å²) in [5.74, 6) is 0.497. The highest BCUT2D eigenvalue weighted by Gasteiger charge is 2.28. The number of hydrogen-bond acceptors (Lipinski definition) is 2. The average molecular weight is 324 g/mol. The summed E-state index contributed by atoms with van der Waals surface area (Å²) in [6.45, 7) is 8.67. The molecule has 0 spiro atoms. The second-order valence-electron chi connectivity index (χ2n) is 6.72. The van der Waals surface area contributed by atoms with Crippen molar-refractivity contribution in [3.8, 4) is 0 Å². The highest BCUT2D eigenvalue weighted by Crippen LogP contribution is 2.24. The number of amides is 1. The van der Waals surface area contributed by atoms with E-state index in [4.69, 9.17) is 0 Å².